The van der Waals surface area contributed by atoms with Crippen LogP contribution in [0.15, 0.2) is 48.7 Å². The molecule has 1 fully saturated rings. The molecule has 0 atom stereocenters. The van der Waals surface area contributed by atoms with Gasteiger partial charge in [-0.15, -0.1) is 0 Å². The van der Waals surface area contributed by atoms with Crippen LogP contribution in [0.1, 0.15) is 40.5 Å². The summed E-state index contributed by atoms with van der Waals surface area (Å²) in [4.78, 5) is 19.8. The quantitative estimate of drug-likeness (QED) is 0.774. The van der Waals surface area contributed by atoms with Crippen LogP contribution in [-0.4, -0.2) is 15.9 Å². The van der Waals surface area contributed by atoms with E-state index in [9.17, 15) is 4.79 Å². The maximum atomic E-state index is 12.2. The van der Waals surface area contributed by atoms with E-state index in [1.165, 1.54) is 18.5 Å². The van der Waals surface area contributed by atoms with Crippen molar-refractivity contribution >= 4 is 16.8 Å². The van der Waals surface area contributed by atoms with Crippen LogP contribution in [-0.2, 0) is 6.54 Å². The van der Waals surface area contributed by atoms with Crippen molar-refractivity contribution in [3.05, 3.63) is 65.6 Å². The summed E-state index contributed by atoms with van der Waals surface area (Å²) in [5, 5.41) is 3.97. The molecular weight excluding hydrogens is 274 g/mol. The molecule has 4 nitrogen and oxygen atoms in total. The Hall–Kier alpha value is -2.62. The normalized spacial score (nSPS) is 14.2. The molecule has 2 heterocycles. The number of hydrogen-bond acceptors (Lipinski definition) is 2. The Morgan fingerprint density at radius 3 is 2.82 bits per heavy atom. The predicted octanol–water partition coefficient (Wildman–Crippen LogP) is 3.37. The standard InChI is InChI=1S/C18H17N3O/c22-18(17-9-14-3-1-2-4-16(14)21-17)20-11-12-5-8-15(19-10-12)13-6-7-13/h1-5,8-10,13,21H,6-7,11H2,(H,20,22). The van der Waals surface area contributed by atoms with Gasteiger partial charge in [-0.05, 0) is 36.6 Å². The van der Waals surface area contributed by atoms with Crippen LogP contribution >= 0.6 is 0 Å². The molecule has 0 saturated heterocycles. The lowest BCUT2D eigenvalue weighted by Gasteiger charge is -2.04. The highest BCUT2D eigenvalue weighted by molar-refractivity contribution is 5.97. The van der Waals surface area contributed by atoms with Gasteiger partial charge in [0, 0.05) is 35.3 Å². The Morgan fingerprint density at radius 1 is 1.23 bits per heavy atom. The van der Waals surface area contributed by atoms with Gasteiger partial charge in [-0.25, -0.2) is 0 Å². The van der Waals surface area contributed by atoms with Gasteiger partial charge in [0.1, 0.15) is 5.69 Å². The number of carbonyl (C=O) groups is 1. The molecule has 0 spiro atoms. The smallest absolute Gasteiger partial charge is 0.267 e. The number of amides is 1. The van der Waals surface area contributed by atoms with Crippen molar-refractivity contribution in [1.29, 1.82) is 0 Å². The highest BCUT2D eigenvalue weighted by Crippen LogP contribution is 2.38. The van der Waals surface area contributed by atoms with Crippen LogP contribution in [0.25, 0.3) is 10.9 Å². The molecule has 22 heavy (non-hydrogen) atoms. The zero-order chi connectivity index (χ0) is 14.9. The monoisotopic (exact) mass is 291 g/mol. The molecule has 1 aliphatic carbocycles. The van der Waals surface area contributed by atoms with Gasteiger partial charge < -0.3 is 10.3 Å². The summed E-state index contributed by atoms with van der Waals surface area (Å²) in [6.07, 6.45) is 4.37. The van der Waals surface area contributed by atoms with Gasteiger partial charge in [0.25, 0.3) is 5.91 Å². The van der Waals surface area contributed by atoms with Gasteiger partial charge in [0.15, 0.2) is 0 Å². The molecule has 1 aromatic carbocycles. The maximum absolute atomic E-state index is 12.2. The molecule has 0 radical (unpaired) electrons. The molecule has 1 aliphatic rings. The number of fused-ring (bicyclic) bond motifs is 1. The third-order valence-electron chi connectivity index (χ3n) is 4.07. The van der Waals surface area contributed by atoms with Gasteiger partial charge in [0.2, 0.25) is 0 Å². The van der Waals surface area contributed by atoms with E-state index in [4.69, 9.17) is 0 Å². The van der Waals surface area contributed by atoms with Crippen LogP contribution in [0.3, 0.4) is 0 Å². The lowest BCUT2D eigenvalue weighted by molar-refractivity contribution is 0.0946. The minimum absolute atomic E-state index is 0.0949. The van der Waals surface area contributed by atoms with Crippen molar-refractivity contribution in [3.63, 3.8) is 0 Å². The number of benzene rings is 1. The van der Waals surface area contributed by atoms with Crippen molar-refractivity contribution < 1.29 is 4.79 Å². The molecule has 4 rings (SSSR count). The summed E-state index contributed by atoms with van der Waals surface area (Å²) in [6, 6.07) is 13.9. The third kappa shape index (κ3) is 2.60. The zero-order valence-electron chi connectivity index (χ0n) is 12.2. The van der Waals surface area contributed by atoms with E-state index in [1.54, 1.807) is 0 Å². The number of nitrogens with zero attached hydrogens (tertiary/aromatic N) is 1. The lowest BCUT2D eigenvalue weighted by atomic mass is 10.2. The SMILES string of the molecule is O=C(NCc1ccc(C2CC2)nc1)c1cc2ccccc2[nH]1. The molecule has 3 aromatic rings. The molecule has 0 unspecified atom stereocenters. The van der Waals surface area contributed by atoms with Gasteiger partial charge in [-0.1, -0.05) is 24.3 Å². The second-order valence-electron chi connectivity index (χ2n) is 5.82. The second kappa shape index (κ2) is 5.30. The molecular formula is C18H17N3O. The molecule has 0 bridgehead atoms. The van der Waals surface area contributed by atoms with Crippen molar-refractivity contribution in [2.75, 3.05) is 0 Å². The summed E-state index contributed by atoms with van der Waals surface area (Å²) < 4.78 is 0. The highest BCUT2D eigenvalue weighted by atomic mass is 16.1. The van der Waals surface area contributed by atoms with Crippen molar-refractivity contribution in [1.82, 2.24) is 15.3 Å². The number of carbonyl (C=O) groups excluding carboxylic acids is 1. The molecule has 110 valence electrons. The summed E-state index contributed by atoms with van der Waals surface area (Å²) in [6.45, 7) is 0.492. The summed E-state index contributed by atoms with van der Waals surface area (Å²) in [7, 11) is 0. The van der Waals surface area contributed by atoms with E-state index < -0.39 is 0 Å². The molecule has 2 aromatic heterocycles. The van der Waals surface area contributed by atoms with Crippen LogP contribution in [0, 0.1) is 0 Å². The molecule has 0 aliphatic heterocycles. The second-order valence-corrected chi connectivity index (χ2v) is 5.82. The van der Waals surface area contributed by atoms with Crippen molar-refractivity contribution in [2.24, 2.45) is 0 Å². The minimum Gasteiger partial charge on any atom is -0.351 e. The fraction of sp³-hybridized carbons (Fsp3) is 0.222. The fourth-order valence-electron chi connectivity index (χ4n) is 2.63. The Labute approximate surface area is 128 Å². The summed E-state index contributed by atoms with van der Waals surface area (Å²) in [5.74, 6) is 0.567. The van der Waals surface area contributed by atoms with E-state index in [0.29, 0.717) is 18.2 Å². The zero-order valence-corrected chi connectivity index (χ0v) is 12.2. The molecule has 2 N–H and O–H groups in total. The number of aromatic nitrogens is 2. The largest absolute Gasteiger partial charge is 0.351 e. The number of para-hydroxylation sites is 1. The van der Waals surface area contributed by atoms with Crippen molar-refractivity contribution in [2.45, 2.75) is 25.3 Å². The third-order valence-corrected chi connectivity index (χ3v) is 4.07. The first-order valence-electron chi connectivity index (χ1n) is 7.60. The average molecular weight is 291 g/mol. The van der Waals surface area contributed by atoms with Gasteiger partial charge >= 0.3 is 0 Å². The number of nitrogens with one attached hydrogen (secondary N) is 2. The minimum atomic E-state index is -0.0949. The Kier molecular flexibility index (Phi) is 3.15. The van der Waals surface area contributed by atoms with E-state index in [-0.39, 0.29) is 5.91 Å². The van der Waals surface area contributed by atoms with Crippen LogP contribution in [0.4, 0.5) is 0 Å². The molecule has 1 saturated carbocycles. The number of pyridine rings is 1. The van der Waals surface area contributed by atoms with E-state index >= 15 is 0 Å². The maximum Gasteiger partial charge on any atom is 0.267 e. The van der Waals surface area contributed by atoms with Gasteiger partial charge in [-0.2, -0.15) is 0 Å². The highest BCUT2D eigenvalue weighted by Gasteiger charge is 2.24. The lowest BCUT2D eigenvalue weighted by Crippen LogP contribution is -2.23. The Bertz CT molecular complexity index is 783. The average Bonchev–Trinajstić information content (AvgIpc) is 3.31. The predicted molar refractivity (Wildman–Crippen MR) is 85.7 cm³/mol. The van der Waals surface area contributed by atoms with Gasteiger partial charge in [0.05, 0.1) is 0 Å². The number of aromatic amines is 1. The molecule has 4 heteroatoms. The Balaban J connectivity index is 1.42. The molecule has 1 amide bonds. The number of rotatable bonds is 4. The summed E-state index contributed by atoms with van der Waals surface area (Å²) >= 11 is 0. The number of H-pyrrole nitrogens is 1. The van der Waals surface area contributed by atoms with E-state index in [2.05, 4.69) is 21.4 Å². The van der Waals surface area contributed by atoms with E-state index in [0.717, 1.165) is 16.5 Å². The van der Waals surface area contributed by atoms with Gasteiger partial charge in [-0.3, -0.25) is 9.78 Å². The van der Waals surface area contributed by atoms with Crippen molar-refractivity contribution in [3.8, 4) is 0 Å². The fourth-order valence-corrected chi connectivity index (χ4v) is 2.63. The van der Waals surface area contributed by atoms with Crippen LogP contribution < -0.4 is 5.32 Å². The van der Waals surface area contributed by atoms with Crippen LogP contribution in [0.2, 0.25) is 0 Å². The first kappa shape index (κ1) is 13.1. The first-order valence-corrected chi connectivity index (χ1v) is 7.60. The summed E-state index contributed by atoms with van der Waals surface area (Å²) in [5.41, 5.74) is 3.76. The van der Waals surface area contributed by atoms with Crippen LogP contribution in [0.5, 0.6) is 0 Å². The Morgan fingerprint density at radius 2 is 2.09 bits per heavy atom. The number of hydrogen-bond donors (Lipinski definition) is 2. The first-order chi connectivity index (χ1) is 10.8. The van der Waals surface area contributed by atoms with E-state index in [1.807, 2.05) is 42.6 Å². The topological polar surface area (TPSA) is 57.8 Å².